The van der Waals surface area contributed by atoms with Gasteiger partial charge in [0.05, 0.1) is 22.1 Å². The molecule has 11 rings (SSSR count). The van der Waals surface area contributed by atoms with Crippen molar-refractivity contribution >= 4 is 43.6 Å². The van der Waals surface area contributed by atoms with E-state index in [4.69, 9.17) is 0 Å². The lowest BCUT2D eigenvalue weighted by Gasteiger charge is -2.21. The van der Waals surface area contributed by atoms with Crippen LogP contribution in [-0.2, 0) is 0 Å². The van der Waals surface area contributed by atoms with E-state index >= 15 is 0 Å². The summed E-state index contributed by atoms with van der Waals surface area (Å²) in [5.41, 5.74) is 16.1. The monoisotopic (exact) mass is 716 g/mol. The molecule has 8 aromatic carbocycles. The molecule has 2 heteroatoms. The van der Waals surface area contributed by atoms with Crippen LogP contribution in [0.4, 0.5) is 0 Å². The molecule has 0 spiro atoms. The molecule has 0 saturated carbocycles. The average molecular weight is 717 g/mol. The first-order chi connectivity index (χ1) is 27.8. The minimum atomic E-state index is 0.526. The van der Waals surface area contributed by atoms with Crippen LogP contribution >= 0.6 is 0 Å². The first-order valence-electron chi connectivity index (χ1n) is 19.9. The van der Waals surface area contributed by atoms with Crippen LogP contribution in [-0.4, -0.2) is 9.13 Å². The average Bonchev–Trinajstić information content (AvgIpc) is 3.79. The van der Waals surface area contributed by atoms with E-state index in [0.29, 0.717) is 5.92 Å². The van der Waals surface area contributed by atoms with E-state index in [1.165, 1.54) is 100 Å². The van der Waals surface area contributed by atoms with Gasteiger partial charge in [-0.15, -0.1) is 0 Å². The maximum atomic E-state index is 2.49. The molecular weight excluding hydrogens is 677 g/mol. The molecule has 10 aromatic rings. The van der Waals surface area contributed by atoms with E-state index in [0.717, 1.165) is 12.8 Å². The number of hydrogen-bond acceptors (Lipinski definition) is 0. The number of allylic oxidation sites excluding steroid dienone is 2. The lowest BCUT2D eigenvalue weighted by atomic mass is 9.86. The van der Waals surface area contributed by atoms with Gasteiger partial charge in [0.15, 0.2) is 0 Å². The fourth-order valence-electron chi connectivity index (χ4n) is 9.21. The summed E-state index contributed by atoms with van der Waals surface area (Å²) in [6, 6.07) is 69.5. The maximum absolute atomic E-state index is 2.49. The number of para-hydroxylation sites is 3. The molecule has 56 heavy (non-hydrogen) atoms. The second-order valence-electron chi connectivity index (χ2n) is 15.2. The van der Waals surface area contributed by atoms with Gasteiger partial charge in [-0.3, -0.25) is 0 Å². The van der Waals surface area contributed by atoms with Crippen molar-refractivity contribution in [2.45, 2.75) is 25.2 Å². The van der Waals surface area contributed by atoms with Gasteiger partial charge in [-0.2, -0.15) is 0 Å². The third-order valence-electron chi connectivity index (χ3n) is 11.9. The first kappa shape index (κ1) is 32.5. The van der Waals surface area contributed by atoms with E-state index in [1.54, 1.807) is 0 Å². The highest BCUT2D eigenvalue weighted by atomic mass is 15.0. The Morgan fingerprint density at radius 3 is 1.50 bits per heavy atom. The lowest BCUT2D eigenvalue weighted by Crippen LogP contribution is -2.03. The molecule has 2 nitrogen and oxygen atoms in total. The van der Waals surface area contributed by atoms with Gasteiger partial charge < -0.3 is 9.13 Å². The minimum absolute atomic E-state index is 0.526. The van der Waals surface area contributed by atoms with E-state index in [9.17, 15) is 0 Å². The van der Waals surface area contributed by atoms with Gasteiger partial charge in [-0.05, 0) is 131 Å². The Labute approximate surface area is 327 Å². The van der Waals surface area contributed by atoms with Crippen LogP contribution in [0.3, 0.4) is 0 Å². The molecule has 2 aromatic heterocycles. The molecule has 0 aliphatic heterocycles. The van der Waals surface area contributed by atoms with Crippen molar-refractivity contribution in [2.75, 3.05) is 0 Å². The zero-order valence-corrected chi connectivity index (χ0v) is 31.1. The number of benzene rings is 8. The van der Waals surface area contributed by atoms with Gasteiger partial charge in [-0.25, -0.2) is 0 Å². The summed E-state index contributed by atoms with van der Waals surface area (Å²) >= 11 is 0. The van der Waals surface area contributed by atoms with Crippen molar-refractivity contribution in [2.24, 2.45) is 0 Å². The van der Waals surface area contributed by atoms with Crippen molar-refractivity contribution in [1.29, 1.82) is 0 Å². The Bertz CT molecular complexity index is 3110. The highest BCUT2D eigenvalue weighted by molar-refractivity contribution is 6.12. The van der Waals surface area contributed by atoms with Crippen LogP contribution in [0.15, 0.2) is 200 Å². The van der Waals surface area contributed by atoms with Gasteiger partial charge in [0.1, 0.15) is 0 Å². The topological polar surface area (TPSA) is 9.86 Å². The molecule has 0 radical (unpaired) electrons. The van der Waals surface area contributed by atoms with Crippen LogP contribution in [0.5, 0.6) is 0 Å². The minimum Gasteiger partial charge on any atom is -0.309 e. The number of rotatable bonds is 6. The molecule has 1 aliphatic rings. The molecule has 1 unspecified atom stereocenters. The number of hydrogen-bond donors (Lipinski definition) is 0. The second-order valence-corrected chi connectivity index (χ2v) is 15.2. The molecule has 2 heterocycles. The van der Waals surface area contributed by atoms with Gasteiger partial charge in [-0.1, -0.05) is 133 Å². The smallest absolute Gasteiger partial charge is 0.0541 e. The number of nitrogens with zero attached hydrogens (tertiary/aromatic N) is 2. The van der Waals surface area contributed by atoms with Crippen molar-refractivity contribution in [3.05, 3.63) is 206 Å². The van der Waals surface area contributed by atoms with Crippen molar-refractivity contribution in [1.82, 2.24) is 9.13 Å². The predicted molar refractivity (Wildman–Crippen MR) is 237 cm³/mol. The second kappa shape index (κ2) is 13.4. The molecule has 0 N–H and O–H groups in total. The summed E-state index contributed by atoms with van der Waals surface area (Å²) in [6.45, 7) is 0. The van der Waals surface area contributed by atoms with Crippen LogP contribution in [0.1, 0.15) is 30.7 Å². The third-order valence-corrected chi connectivity index (χ3v) is 11.9. The fraction of sp³-hybridized carbons (Fsp3) is 0.0741. The molecule has 0 bridgehead atoms. The van der Waals surface area contributed by atoms with E-state index in [-0.39, 0.29) is 0 Å². The fourth-order valence-corrected chi connectivity index (χ4v) is 9.21. The quantitative estimate of drug-likeness (QED) is 0.152. The zero-order valence-electron chi connectivity index (χ0n) is 31.1. The highest BCUT2D eigenvalue weighted by Crippen LogP contribution is 2.40. The van der Waals surface area contributed by atoms with Crippen LogP contribution in [0.25, 0.3) is 88.4 Å². The van der Waals surface area contributed by atoms with Gasteiger partial charge in [0.2, 0.25) is 0 Å². The summed E-state index contributed by atoms with van der Waals surface area (Å²) in [7, 11) is 0. The SMILES string of the molecule is C1=CCC(c2cc(-c3ccccc3)cc(-n3c4ccccc4c4cc(-c5cccc(-c6ccc7c(c6)c6ccccc6n7-c6ccccc6)c5)ccc43)c2)CC1. The van der Waals surface area contributed by atoms with Crippen molar-refractivity contribution in [3.63, 3.8) is 0 Å². The van der Waals surface area contributed by atoms with Gasteiger partial charge in [0, 0.05) is 32.9 Å². The zero-order chi connectivity index (χ0) is 37.0. The molecule has 0 amide bonds. The highest BCUT2D eigenvalue weighted by Gasteiger charge is 2.19. The van der Waals surface area contributed by atoms with Crippen LogP contribution in [0, 0.1) is 0 Å². The molecule has 1 aliphatic carbocycles. The van der Waals surface area contributed by atoms with E-state index in [1.807, 2.05) is 0 Å². The van der Waals surface area contributed by atoms with Crippen molar-refractivity contribution in [3.8, 4) is 44.8 Å². The maximum Gasteiger partial charge on any atom is 0.0541 e. The largest absolute Gasteiger partial charge is 0.309 e. The number of aromatic nitrogens is 2. The Morgan fingerprint density at radius 2 is 0.875 bits per heavy atom. The first-order valence-corrected chi connectivity index (χ1v) is 19.9. The molecular formula is C54H40N2. The standard InChI is InChI=1S/C54H40N2/c1-4-15-37(16-5-1)43-32-44(38-17-6-2-7-18-38)34-46(33-43)56-52-26-13-11-24-48(52)50-36-42(28-30-54(50)56)40-20-14-19-39(31-40)41-27-29-53-49(35-41)47-23-10-12-25-51(47)55(53)45-21-8-3-9-22-45/h1-6,8-16,19-36,38H,7,17-18H2. The Balaban J connectivity index is 1.03. The molecule has 0 saturated heterocycles. The summed E-state index contributed by atoms with van der Waals surface area (Å²) in [4.78, 5) is 0. The van der Waals surface area contributed by atoms with Gasteiger partial charge >= 0.3 is 0 Å². The normalized spacial score (nSPS) is 14.3. The van der Waals surface area contributed by atoms with Crippen LogP contribution in [0.2, 0.25) is 0 Å². The molecule has 0 fully saturated rings. The Kier molecular flexibility index (Phi) is 7.81. The van der Waals surface area contributed by atoms with E-state index < -0.39 is 0 Å². The number of fused-ring (bicyclic) bond motifs is 6. The summed E-state index contributed by atoms with van der Waals surface area (Å²) in [5, 5.41) is 5.07. The Hall–Kier alpha value is -6.90. The summed E-state index contributed by atoms with van der Waals surface area (Å²) < 4.78 is 4.86. The summed E-state index contributed by atoms with van der Waals surface area (Å²) in [5.74, 6) is 0.526. The lowest BCUT2D eigenvalue weighted by molar-refractivity contribution is 0.617. The summed E-state index contributed by atoms with van der Waals surface area (Å²) in [6.07, 6.45) is 8.13. The van der Waals surface area contributed by atoms with E-state index in [2.05, 4.69) is 209 Å². The third kappa shape index (κ3) is 5.48. The predicted octanol–water partition coefficient (Wildman–Crippen LogP) is 14.7. The Morgan fingerprint density at radius 1 is 0.339 bits per heavy atom. The molecule has 266 valence electrons. The van der Waals surface area contributed by atoms with Crippen LogP contribution < -0.4 is 0 Å². The van der Waals surface area contributed by atoms with Crippen molar-refractivity contribution < 1.29 is 0 Å². The van der Waals surface area contributed by atoms with Gasteiger partial charge in [0.25, 0.3) is 0 Å². The molecule has 1 atom stereocenters.